The summed E-state index contributed by atoms with van der Waals surface area (Å²) >= 11 is 0. The molecule has 23 heavy (non-hydrogen) atoms. The minimum absolute atomic E-state index is 0.0414. The van der Waals surface area contributed by atoms with E-state index < -0.39 is 29.3 Å². The van der Waals surface area contributed by atoms with Crippen molar-refractivity contribution in [2.45, 2.75) is 6.18 Å². The van der Waals surface area contributed by atoms with E-state index in [0.29, 0.717) is 0 Å². The molecule has 0 unspecified atom stereocenters. The summed E-state index contributed by atoms with van der Waals surface area (Å²) in [5.74, 6) is -2.79. The number of carbonyl (C=O) groups excluding carboxylic acids is 1. The first-order chi connectivity index (χ1) is 10.8. The lowest BCUT2D eigenvalue weighted by molar-refractivity contribution is -0.137. The third kappa shape index (κ3) is 4.67. The quantitative estimate of drug-likeness (QED) is 0.831. The van der Waals surface area contributed by atoms with Crippen molar-refractivity contribution in [1.82, 2.24) is 0 Å². The van der Waals surface area contributed by atoms with E-state index in [9.17, 15) is 26.7 Å². The molecule has 3 nitrogen and oxygen atoms in total. The van der Waals surface area contributed by atoms with Gasteiger partial charge in [-0.3, -0.25) is 4.79 Å². The standard InChI is InChI=1S/C15H11F5N2O/c16-12-5-4-11(7-13(12)17)22-14(23)8-21-10-3-1-2-9(6-10)15(18,19)20/h1-7,21H,8H2,(H,22,23). The Morgan fingerprint density at radius 2 is 1.70 bits per heavy atom. The molecule has 2 N–H and O–H groups in total. The van der Waals surface area contributed by atoms with Crippen molar-refractivity contribution in [1.29, 1.82) is 0 Å². The van der Waals surface area contributed by atoms with Gasteiger partial charge in [-0.25, -0.2) is 8.78 Å². The van der Waals surface area contributed by atoms with Gasteiger partial charge in [-0.2, -0.15) is 13.2 Å². The molecule has 2 aromatic rings. The van der Waals surface area contributed by atoms with E-state index in [2.05, 4.69) is 10.6 Å². The number of amides is 1. The van der Waals surface area contributed by atoms with E-state index in [1.807, 2.05) is 0 Å². The van der Waals surface area contributed by atoms with Gasteiger partial charge in [-0.05, 0) is 30.3 Å². The summed E-state index contributed by atoms with van der Waals surface area (Å²) in [6.07, 6.45) is -4.48. The van der Waals surface area contributed by atoms with E-state index in [1.165, 1.54) is 18.2 Å². The third-order valence-electron chi connectivity index (χ3n) is 2.85. The molecule has 0 aliphatic rings. The fourth-order valence-electron chi connectivity index (χ4n) is 1.77. The molecule has 2 aromatic carbocycles. The van der Waals surface area contributed by atoms with Gasteiger partial charge in [0.1, 0.15) is 0 Å². The van der Waals surface area contributed by atoms with Crippen molar-refractivity contribution in [2.75, 3.05) is 17.2 Å². The van der Waals surface area contributed by atoms with Crippen LogP contribution in [0.5, 0.6) is 0 Å². The first kappa shape index (κ1) is 16.7. The highest BCUT2D eigenvalue weighted by Gasteiger charge is 2.30. The Morgan fingerprint density at radius 1 is 0.957 bits per heavy atom. The highest BCUT2D eigenvalue weighted by atomic mass is 19.4. The number of halogens is 5. The maximum absolute atomic E-state index is 13.0. The second-order valence-electron chi connectivity index (χ2n) is 4.61. The van der Waals surface area contributed by atoms with Gasteiger partial charge >= 0.3 is 6.18 Å². The highest BCUT2D eigenvalue weighted by Crippen LogP contribution is 2.30. The van der Waals surface area contributed by atoms with Crippen LogP contribution in [0.25, 0.3) is 0 Å². The molecule has 0 bridgehead atoms. The van der Waals surface area contributed by atoms with Gasteiger partial charge < -0.3 is 10.6 Å². The summed E-state index contributed by atoms with van der Waals surface area (Å²) in [6, 6.07) is 7.18. The van der Waals surface area contributed by atoms with Gasteiger partial charge in [0, 0.05) is 17.4 Å². The Balaban J connectivity index is 1.95. The van der Waals surface area contributed by atoms with Crippen LogP contribution in [0.4, 0.5) is 33.3 Å². The van der Waals surface area contributed by atoms with Gasteiger partial charge in [0.05, 0.1) is 12.1 Å². The molecule has 0 saturated carbocycles. The van der Waals surface area contributed by atoms with Crippen LogP contribution in [0, 0.1) is 11.6 Å². The van der Waals surface area contributed by atoms with Crippen LogP contribution in [0.3, 0.4) is 0 Å². The molecule has 122 valence electrons. The molecular weight excluding hydrogens is 319 g/mol. The summed E-state index contributed by atoms with van der Waals surface area (Å²) < 4.78 is 63.4. The highest BCUT2D eigenvalue weighted by molar-refractivity contribution is 5.93. The van der Waals surface area contributed by atoms with Gasteiger partial charge in [-0.15, -0.1) is 0 Å². The molecule has 0 heterocycles. The molecule has 0 fully saturated rings. The summed E-state index contributed by atoms with van der Waals surface area (Å²) in [5.41, 5.74) is -0.691. The minimum atomic E-state index is -4.48. The number of alkyl halides is 3. The van der Waals surface area contributed by atoms with Crippen molar-refractivity contribution >= 4 is 17.3 Å². The van der Waals surface area contributed by atoms with Gasteiger partial charge in [0.15, 0.2) is 11.6 Å². The smallest absolute Gasteiger partial charge is 0.376 e. The lowest BCUT2D eigenvalue weighted by Gasteiger charge is -2.11. The average molecular weight is 330 g/mol. The van der Waals surface area contributed by atoms with Gasteiger partial charge in [0.25, 0.3) is 0 Å². The minimum Gasteiger partial charge on any atom is -0.376 e. The predicted octanol–water partition coefficient (Wildman–Crippen LogP) is 4.03. The summed E-state index contributed by atoms with van der Waals surface area (Å²) in [4.78, 5) is 11.7. The SMILES string of the molecule is O=C(CNc1cccc(C(F)(F)F)c1)Nc1ccc(F)c(F)c1. The Morgan fingerprint density at radius 3 is 2.35 bits per heavy atom. The molecule has 0 spiro atoms. The maximum atomic E-state index is 13.0. The van der Waals surface area contributed by atoms with E-state index >= 15 is 0 Å². The molecule has 0 atom stereocenters. The zero-order valence-corrected chi connectivity index (χ0v) is 11.5. The predicted molar refractivity (Wildman–Crippen MR) is 74.9 cm³/mol. The summed E-state index contributed by atoms with van der Waals surface area (Å²) in [6.45, 7) is -0.333. The molecule has 8 heteroatoms. The monoisotopic (exact) mass is 330 g/mol. The van der Waals surface area contributed by atoms with Crippen LogP contribution >= 0.6 is 0 Å². The second-order valence-corrected chi connectivity index (χ2v) is 4.61. The van der Waals surface area contributed by atoms with E-state index in [1.54, 1.807) is 0 Å². The number of rotatable bonds is 4. The van der Waals surface area contributed by atoms with Crippen molar-refractivity contribution in [2.24, 2.45) is 0 Å². The van der Waals surface area contributed by atoms with Crippen LogP contribution < -0.4 is 10.6 Å². The molecule has 0 aliphatic carbocycles. The van der Waals surface area contributed by atoms with E-state index in [4.69, 9.17) is 0 Å². The molecule has 1 amide bonds. The number of nitrogens with one attached hydrogen (secondary N) is 2. The average Bonchev–Trinajstić information content (AvgIpc) is 2.48. The van der Waals surface area contributed by atoms with Gasteiger partial charge in [-0.1, -0.05) is 6.07 Å². The van der Waals surface area contributed by atoms with E-state index in [-0.39, 0.29) is 17.9 Å². The zero-order valence-electron chi connectivity index (χ0n) is 11.5. The van der Waals surface area contributed by atoms with Crippen LogP contribution in [-0.2, 0) is 11.0 Å². The summed E-state index contributed by atoms with van der Waals surface area (Å²) in [7, 11) is 0. The Bertz CT molecular complexity index is 715. The van der Waals surface area contributed by atoms with Crippen molar-refractivity contribution in [3.63, 3.8) is 0 Å². The molecule has 2 rings (SSSR count). The Labute approximate surface area is 128 Å². The van der Waals surface area contributed by atoms with Crippen LogP contribution in [0.2, 0.25) is 0 Å². The second kappa shape index (κ2) is 6.64. The number of hydrogen-bond donors (Lipinski definition) is 2. The maximum Gasteiger partial charge on any atom is 0.416 e. The van der Waals surface area contributed by atoms with Crippen molar-refractivity contribution in [3.05, 3.63) is 59.7 Å². The molecular formula is C15H11F5N2O. The largest absolute Gasteiger partial charge is 0.416 e. The van der Waals surface area contributed by atoms with Crippen molar-refractivity contribution < 1.29 is 26.7 Å². The van der Waals surface area contributed by atoms with Crippen LogP contribution in [0.1, 0.15) is 5.56 Å². The van der Waals surface area contributed by atoms with Gasteiger partial charge in [0.2, 0.25) is 5.91 Å². The number of carbonyl (C=O) groups is 1. The van der Waals surface area contributed by atoms with E-state index in [0.717, 1.165) is 24.3 Å². The van der Waals surface area contributed by atoms with Crippen LogP contribution in [0.15, 0.2) is 42.5 Å². The number of anilines is 2. The lowest BCUT2D eigenvalue weighted by Crippen LogP contribution is -2.22. The zero-order chi connectivity index (χ0) is 17.0. The van der Waals surface area contributed by atoms with Crippen molar-refractivity contribution in [3.8, 4) is 0 Å². The molecule has 0 aromatic heterocycles. The first-order valence-corrected chi connectivity index (χ1v) is 6.42. The first-order valence-electron chi connectivity index (χ1n) is 6.42. The third-order valence-corrected chi connectivity index (χ3v) is 2.85. The molecule has 0 aliphatic heterocycles. The van der Waals surface area contributed by atoms with Crippen LogP contribution in [-0.4, -0.2) is 12.5 Å². The summed E-state index contributed by atoms with van der Waals surface area (Å²) in [5, 5.41) is 4.82. The molecule has 0 radical (unpaired) electrons. The Hall–Kier alpha value is -2.64. The Kier molecular flexibility index (Phi) is 4.83. The molecule has 0 saturated heterocycles. The normalized spacial score (nSPS) is 11.2. The fourth-order valence-corrected chi connectivity index (χ4v) is 1.77. The topological polar surface area (TPSA) is 41.1 Å². The fraction of sp³-hybridized carbons (Fsp3) is 0.133. The lowest BCUT2D eigenvalue weighted by atomic mass is 10.2. The number of hydrogen-bond acceptors (Lipinski definition) is 2. The number of benzene rings is 2.